The lowest BCUT2D eigenvalue weighted by Crippen LogP contribution is -2.42. The number of likely N-dealkylation sites (tertiary alicyclic amines) is 1. The summed E-state index contributed by atoms with van der Waals surface area (Å²) in [6.07, 6.45) is 1.22. The van der Waals surface area contributed by atoms with Crippen LogP contribution in [-0.2, 0) is 5.75 Å². The van der Waals surface area contributed by atoms with Crippen molar-refractivity contribution in [3.63, 3.8) is 0 Å². The van der Waals surface area contributed by atoms with Crippen LogP contribution in [0.5, 0.6) is 5.75 Å². The van der Waals surface area contributed by atoms with E-state index in [2.05, 4.69) is 41.5 Å². The zero-order chi connectivity index (χ0) is 19.8. The van der Waals surface area contributed by atoms with Crippen LogP contribution in [0.2, 0.25) is 5.02 Å². The Morgan fingerprint density at radius 3 is 2.61 bits per heavy atom. The average Bonchev–Trinajstić information content (AvgIpc) is 2.72. The molecule has 0 bridgehead atoms. The van der Waals surface area contributed by atoms with Crippen molar-refractivity contribution in [2.75, 3.05) is 46.1 Å². The molecule has 0 radical (unpaired) electrons. The summed E-state index contributed by atoms with van der Waals surface area (Å²) >= 11 is 8.05. The summed E-state index contributed by atoms with van der Waals surface area (Å²) in [4.78, 5) is 2.46. The summed E-state index contributed by atoms with van der Waals surface area (Å²) < 4.78 is 5.21. The molecule has 0 aliphatic carbocycles. The van der Waals surface area contributed by atoms with Gasteiger partial charge in [0.2, 0.25) is 0 Å². The maximum absolute atomic E-state index is 6.07. The van der Waals surface area contributed by atoms with Gasteiger partial charge in [0.1, 0.15) is 5.75 Å². The van der Waals surface area contributed by atoms with E-state index in [1.54, 1.807) is 7.11 Å². The fourth-order valence-corrected chi connectivity index (χ4v) is 4.90. The van der Waals surface area contributed by atoms with Crippen LogP contribution in [0, 0.1) is 5.92 Å². The Kier molecular flexibility index (Phi) is 8.53. The molecule has 5 heteroatoms. The van der Waals surface area contributed by atoms with E-state index in [9.17, 15) is 0 Å². The lowest BCUT2D eigenvalue weighted by molar-refractivity contribution is 0.181. The molecule has 1 N–H and O–H groups in total. The lowest BCUT2D eigenvalue weighted by Gasteiger charge is -2.37. The molecule has 2 atom stereocenters. The SMILES string of the molecule is COc1ccc(CSCCNCC2CN(C)CCC2c2ccc(Cl)cc2)cc1. The summed E-state index contributed by atoms with van der Waals surface area (Å²) in [6, 6.07) is 16.8. The number of methoxy groups -OCH3 is 1. The number of rotatable bonds is 9. The molecule has 152 valence electrons. The van der Waals surface area contributed by atoms with Gasteiger partial charge in [0.25, 0.3) is 0 Å². The minimum Gasteiger partial charge on any atom is -0.497 e. The molecule has 3 nitrogen and oxygen atoms in total. The fraction of sp³-hybridized carbons (Fsp3) is 0.478. The smallest absolute Gasteiger partial charge is 0.118 e. The van der Waals surface area contributed by atoms with E-state index in [0.717, 1.165) is 41.9 Å². The Morgan fingerprint density at radius 1 is 1.14 bits per heavy atom. The highest BCUT2D eigenvalue weighted by atomic mass is 35.5. The topological polar surface area (TPSA) is 24.5 Å². The van der Waals surface area contributed by atoms with Crippen LogP contribution in [0.4, 0.5) is 0 Å². The second-order valence-corrected chi connectivity index (χ2v) is 9.12. The molecular formula is C23H31ClN2OS. The molecule has 1 aliphatic heterocycles. The minimum atomic E-state index is 0.618. The van der Waals surface area contributed by atoms with Crippen LogP contribution >= 0.6 is 23.4 Å². The predicted octanol–water partition coefficient (Wildman–Crippen LogP) is 4.91. The minimum absolute atomic E-state index is 0.618. The zero-order valence-electron chi connectivity index (χ0n) is 16.9. The number of halogens is 1. The van der Waals surface area contributed by atoms with Crippen molar-refractivity contribution in [1.82, 2.24) is 10.2 Å². The first-order chi connectivity index (χ1) is 13.7. The highest BCUT2D eigenvalue weighted by Crippen LogP contribution is 2.32. The second-order valence-electron chi connectivity index (χ2n) is 7.57. The Hall–Kier alpha value is -1.20. The summed E-state index contributed by atoms with van der Waals surface area (Å²) in [5.74, 6) is 4.35. The van der Waals surface area contributed by atoms with Gasteiger partial charge in [-0.25, -0.2) is 0 Å². The van der Waals surface area contributed by atoms with Crippen LogP contribution in [0.15, 0.2) is 48.5 Å². The lowest BCUT2D eigenvalue weighted by atomic mass is 9.80. The molecule has 1 heterocycles. The third kappa shape index (κ3) is 6.41. The number of nitrogens with zero attached hydrogens (tertiary/aromatic N) is 1. The molecule has 3 rings (SSSR count). The number of hydrogen-bond acceptors (Lipinski definition) is 4. The van der Waals surface area contributed by atoms with Crippen molar-refractivity contribution < 1.29 is 4.74 Å². The van der Waals surface area contributed by atoms with Gasteiger partial charge in [0, 0.05) is 29.6 Å². The first-order valence-electron chi connectivity index (χ1n) is 10.0. The van der Waals surface area contributed by atoms with E-state index >= 15 is 0 Å². The Morgan fingerprint density at radius 2 is 1.89 bits per heavy atom. The third-order valence-corrected chi connectivity index (χ3v) is 6.77. The van der Waals surface area contributed by atoms with Crippen molar-refractivity contribution in [2.24, 2.45) is 5.92 Å². The molecule has 1 aliphatic rings. The Bertz CT molecular complexity index is 708. The number of hydrogen-bond donors (Lipinski definition) is 1. The molecule has 2 unspecified atom stereocenters. The maximum atomic E-state index is 6.07. The van der Waals surface area contributed by atoms with Crippen molar-refractivity contribution in [3.05, 3.63) is 64.7 Å². The van der Waals surface area contributed by atoms with Crippen LogP contribution < -0.4 is 10.1 Å². The number of thioether (sulfide) groups is 1. The van der Waals surface area contributed by atoms with E-state index in [1.165, 1.54) is 24.1 Å². The third-order valence-electron chi connectivity index (χ3n) is 5.49. The highest BCUT2D eigenvalue weighted by Gasteiger charge is 2.28. The molecule has 0 saturated carbocycles. The standard InChI is InChI=1S/C23H31ClN2OS/c1-26-13-11-23(19-5-7-21(24)8-6-19)20(16-26)15-25-12-14-28-17-18-3-9-22(27-2)10-4-18/h3-10,20,23,25H,11-17H2,1-2H3. The van der Waals surface area contributed by atoms with Crippen molar-refractivity contribution in [2.45, 2.75) is 18.1 Å². The van der Waals surface area contributed by atoms with Gasteiger partial charge in [0.15, 0.2) is 0 Å². The van der Waals surface area contributed by atoms with Crippen LogP contribution in [-0.4, -0.2) is 51.0 Å². The summed E-state index contributed by atoms with van der Waals surface area (Å²) in [7, 11) is 3.94. The van der Waals surface area contributed by atoms with Gasteiger partial charge in [-0.1, -0.05) is 35.9 Å². The number of benzene rings is 2. The van der Waals surface area contributed by atoms with Gasteiger partial charge in [-0.05, 0) is 73.8 Å². The molecular weight excluding hydrogens is 388 g/mol. The van der Waals surface area contributed by atoms with Gasteiger partial charge in [-0.2, -0.15) is 11.8 Å². The molecule has 0 amide bonds. The van der Waals surface area contributed by atoms with Gasteiger partial charge < -0.3 is 15.0 Å². The molecule has 1 fully saturated rings. The highest BCUT2D eigenvalue weighted by molar-refractivity contribution is 7.98. The molecule has 2 aromatic carbocycles. The maximum Gasteiger partial charge on any atom is 0.118 e. The number of nitrogens with one attached hydrogen (secondary N) is 1. The van der Waals surface area contributed by atoms with E-state index < -0.39 is 0 Å². The van der Waals surface area contributed by atoms with Gasteiger partial charge in [-0.15, -0.1) is 0 Å². The quantitative estimate of drug-likeness (QED) is 0.585. The molecule has 0 spiro atoms. The van der Waals surface area contributed by atoms with Crippen LogP contribution in [0.25, 0.3) is 0 Å². The van der Waals surface area contributed by atoms with E-state index in [1.807, 2.05) is 36.0 Å². The number of ether oxygens (including phenoxy) is 1. The first kappa shape index (κ1) is 21.5. The van der Waals surface area contributed by atoms with Crippen LogP contribution in [0.3, 0.4) is 0 Å². The van der Waals surface area contributed by atoms with E-state index in [0.29, 0.717) is 11.8 Å². The fourth-order valence-electron chi connectivity index (χ4n) is 3.91. The molecule has 1 saturated heterocycles. The largest absolute Gasteiger partial charge is 0.497 e. The van der Waals surface area contributed by atoms with Crippen molar-refractivity contribution in [1.29, 1.82) is 0 Å². The summed E-state index contributed by atoms with van der Waals surface area (Å²) in [6.45, 7) is 4.44. The number of piperidine rings is 1. The van der Waals surface area contributed by atoms with E-state index in [4.69, 9.17) is 16.3 Å². The van der Waals surface area contributed by atoms with E-state index in [-0.39, 0.29) is 0 Å². The molecule has 2 aromatic rings. The van der Waals surface area contributed by atoms with Gasteiger partial charge in [0.05, 0.1) is 7.11 Å². The van der Waals surface area contributed by atoms with Crippen LogP contribution in [0.1, 0.15) is 23.5 Å². The monoisotopic (exact) mass is 418 g/mol. The second kappa shape index (κ2) is 11.1. The Labute approximate surface area is 178 Å². The molecule has 0 aromatic heterocycles. The summed E-state index contributed by atoms with van der Waals surface area (Å²) in [5, 5.41) is 4.52. The van der Waals surface area contributed by atoms with Gasteiger partial charge >= 0.3 is 0 Å². The first-order valence-corrected chi connectivity index (χ1v) is 11.5. The molecule has 28 heavy (non-hydrogen) atoms. The average molecular weight is 419 g/mol. The zero-order valence-corrected chi connectivity index (χ0v) is 18.4. The Balaban J connectivity index is 1.40. The van der Waals surface area contributed by atoms with Gasteiger partial charge in [-0.3, -0.25) is 0 Å². The summed E-state index contributed by atoms with van der Waals surface area (Å²) in [5.41, 5.74) is 2.78. The predicted molar refractivity (Wildman–Crippen MR) is 122 cm³/mol. The normalized spacial score (nSPS) is 20.2. The van der Waals surface area contributed by atoms with Crippen molar-refractivity contribution in [3.8, 4) is 5.75 Å². The van der Waals surface area contributed by atoms with Crippen molar-refractivity contribution >= 4 is 23.4 Å².